The van der Waals surface area contributed by atoms with Crippen LogP contribution >= 0.6 is 7.82 Å². The van der Waals surface area contributed by atoms with Crippen LogP contribution < -0.4 is 20.3 Å². The first-order valence-corrected chi connectivity index (χ1v) is 15.4. The van der Waals surface area contributed by atoms with E-state index in [2.05, 4.69) is 5.32 Å². The molecular formula is C29H45N2O11P. The van der Waals surface area contributed by atoms with Gasteiger partial charge in [-0.15, -0.1) is 0 Å². The number of hydrogen-bond acceptors (Lipinski definition) is 9. The number of fused-ring (bicyclic) bond motifs is 2. The third-order valence-corrected chi connectivity index (χ3v) is 7.79. The van der Waals surface area contributed by atoms with Crippen molar-refractivity contribution in [1.82, 2.24) is 0 Å². The van der Waals surface area contributed by atoms with Crippen LogP contribution in [0.5, 0.6) is 11.5 Å². The van der Waals surface area contributed by atoms with Crippen molar-refractivity contribution in [3.63, 3.8) is 0 Å². The van der Waals surface area contributed by atoms with E-state index in [1.807, 2.05) is 13.8 Å². The third-order valence-electron chi connectivity index (χ3n) is 7.35. The second kappa shape index (κ2) is 16.2. The first-order valence-electron chi connectivity index (χ1n) is 13.9. The Balaban J connectivity index is 2.62. The highest BCUT2D eigenvalue weighted by Crippen LogP contribution is 2.45. The van der Waals surface area contributed by atoms with Gasteiger partial charge in [0.15, 0.2) is 17.6 Å². The molecule has 1 aromatic rings. The summed E-state index contributed by atoms with van der Waals surface area (Å²) in [5.74, 6) is -1.12. The van der Waals surface area contributed by atoms with Gasteiger partial charge in [-0.05, 0) is 57.1 Å². The lowest BCUT2D eigenvalue weighted by molar-refractivity contribution is -0.112. The van der Waals surface area contributed by atoms with Gasteiger partial charge in [0.25, 0.3) is 5.91 Å². The van der Waals surface area contributed by atoms with E-state index >= 15 is 0 Å². The number of phosphoric ester groups is 1. The van der Waals surface area contributed by atoms with Gasteiger partial charge in [0.05, 0.1) is 25.4 Å². The second-order valence-corrected chi connectivity index (χ2v) is 12.0. The van der Waals surface area contributed by atoms with Crippen molar-refractivity contribution in [2.45, 2.75) is 77.8 Å². The lowest BCUT2D eigenvalue weighted by Crippen LogP contribution is -2.37. The highest BCUT2D eigenvalue weighted by Gasteiger charge is 2.31. The molecule has 1 aromatic carbocycles. The molecule has 0 radical (unpaired) electrons. The molecule has 0 aromatic heterocycles. The molecule has 6 N–H and O–H groups in total. The largest absolute Gasteiger partial charge is 0.524 e. The lowest BCUT2D eigenvalue weighted by atomic mass is 9.88. The maximum Gasteiger partial charge on any atom is 0.524 e. The van der Waals surface area contributed by atoms with Gasteiger partial charge in [-0.1, -0.05) is 26.0 Å². The van der Waals surface area contributed by atoms with E-state index < -0.39 is 50.2 Å². The van der Waals surface area contributed by atoms with Gasteiger partial charge < -0.3 is 39.6 Å². The number of amides is 2. The fraction of sp³-hybridized carbons (Fsp3) is 0.586. The standard InChI is InChI=1S/C29H45N2O11P/c1-16-11-20-14-21(15-24(27(20)40-7)42-43(35,36)37)31-28(33)17(2)9-8-10-22(38-5)26(41-29(30)34)19(4)13-18(3)25(32)23(12-16)39-6/h9,13-16,18,22-23,25-26,32H,8,10-12H2,1-7H3,(H2,30,34)(H,31,33)(H2,35,36,37)/b17-9+,19-13+/t16-,18+,22+,23+,25-,26+/m1/s1. The van der Waals surface area contributed by atoms with Crippen LogP contribution in [-0.2, 0) is 30.0 Å². The molecule has 43 heavy (non-hydrogen) atoms. The monoisotopic (exact) mass is 628 g/mol. The Morgan fingerprint density at radius 2 is 1.74 bits per heavy atom. The molecule has 6 atom stereocenters. The number of nitrogens with two attached hydrogens (primary N) is 1. The van der Waals surface area contributed by atoms with Crippen LogP contribution in [0.4, 0.5) is 10.5 Å². The summed E-state index contributed by atoms with van der Waals surface area (Å²) in [7, 11) is -0.637. The number of rotatable bonds is 6. The Labute approximate surface area is 252 Å². The number of aliphatic hydroxyl groups excluding tert-OH is 1. The maximum atomic E-state index is 13.1. The van der Waals surface area contributed by atoms with Gasteiger partial charge in [0.2, 0.25) is 0 Å². The minimum atomic E-state index is -4.96. The summed E-state index contributed by atoms with van der Waals surface area (Å²) in [6.45, 7) is 7.13. The minimum absolute atomic E-state index is 0.110. The highest BCUT2D eigenvalue weighted by molar-refractivity contribution is 7.46. The Morgan fingerprint density at radius 1 is 1.09 bits per heavy atom. The average molecular weight is 629 g/mol. The van der Waals surface area contributed by atoms with Crippen LogP contribution in [0.3, 0.4) is 0 Å². The molecule has 13 nitrogen and oxygen atoms in total. The molecule has 14 heteroatoms. The van der Waals surface area contributed by atoms with E-state index in [1.54, 1.807) is 32.1 Å². The molecule has 0 fully saturated rings. The van der Waals surface area contributed by atoms with Gasteiger partial charge >= 0.3 is 13.9 Å². The predicted molar refractivity (Wildman–Crippen MR) is 160 cm³/mol. The van der Waals surface area contributed by atoms with Crippen molar-refractivity contribution in [2.75, 3.05) is 26.6 Å². The van der Waals surface area contributed by atoms with Crippen LogP contribution in [0.25, 0.3) is 0 Å². The van der Waals surface area contributed by atoms with Crippen molar-refractivity contribution >= 4 is 25.5 Å². The van der Waals surface area contributed by atoms with Crippen molar-refractivity contribution < 1.29 is 52.5 Å². The number of ether oxygens (including phenoxy) is 4. The lowest BCUT2D eigenvalue weighted by Gasteiger charge is -2.30. The number of benzene rings is 1. The number of aliphatic hydroxyl groups is 1. The summed E-state index contributed by atoms with van der Waals surface area (Å²) >= 11 is 0. The van der Waals surface area contributed by atoms with Crippen LogP contribution in [0, 0.1) is 11.8 Å². The molecular weight excluding hydrogens is 583 g/mol. The zero-order chi connectivity index (χ0) is 32.5. The van der Waals surface area contributed by atoms with E-state index in [0.717, 1.165) is 0 Å². The number of carbonyl (C=O) groups excluding carboxylic acids is 2. The van der Waals surface area contributed by atoms with Crippen LogP contribution in [0.15, 0.2) is 35.4 Å². The summed E-state index contributed by atoms with van der Waals surface area (Å²) in [6, 6.07) is 2.94. The quantitative estimate of drug-likeness (QED) is 0.227. The normalized spacial score (nSPS) is 28.9. The predicted octanol–water partition coefficient (Wildman–Crippen LogP) is 3.85. The van der Waals surface area contributed by atoms with Gasteiger partial charge in [-0.25, -0.2) is 9.36 Å². The Kier molecular flexibility index (Phi) is 13.7. The molecule has 1 aliphatic heterocycles. The van der Waals surface area contributed by atoms with Crippen molar-refractivity contribution in [3.8, 4) is 11.5 Å². The highest BCUT2D eigenvalue weighted by atomic mass is 31.2. The molecule has 0 saturated carbocycles. The van der Waals surface area contributed by atoms with Crippen LogP contribution in [0.2, 0.25) is 0 Å². The Morgan fingerprint density at radius 3 is 2.30 bits per heavy atom. The maximum absolute atomic E-state index is 13.1. The topological polar surface area (TPSA) is 196 Å². The fourth-order valence-corrected chi connectivity index (χ4v) is 5.65. The number of anilines is 1. The molecule has 1 heterocycles. The smallest absolute Gasteiger partial charge is 0.493 e. The number of primary amides is 1. The SMILES string of the molecule is COc1c2cc(cc1OP(=O)(O)O)NC(=O)/C(C)=C/CC[C@H](OC)[C@@H](OC(N)=O)/C(C)=C/[C@H](C)[C@@H](O)[C@@H](OC)C[C@H](C)C2. The molecule has 2 amide bonds. The first-order chi connectivity index (χ1) is 20.1. The molecule has 0 spiro atoms. The molecule has 1 aliphatic rings. The second-order valence-electron chi connectivity index (χ2n) is 10.9. The van der Waals surface area contributed by atoms with E-state index in [9.17, 15) is 29.0 Å². The number of carbonyl (C=O) groups is 2. The van der Waals surface area contributed by atoms with Crippen molar-refractivity contribution in [1.29, 1.82) is 0 Å². The molecule has 2 bridgehead atoms. The Bertz CT molecular complexity index is 1230. The summed E-state index contributed by atoms with van der Waals surface area (Å²) in [5.41, 5.74) is 7.13. The molecule has 0 unspecified atom stereocenters. The van der Waals surface area contributed by atoms with Crippen molar-refractivity contribution in [2.24, 2.45) is 17.6 Å². The molecule has 2 rings (SSSR count). The molecule has 242 valence electrons. The summed E-state index contributed by atoms with van der Waals surface area (Å²) in [6.07, 6.45) is 1.03. The number of nitrogens with one attached hydrogen (secondary N) is 1. The summed E-state index contributed by atoms with van der Waals surface area (Å²) in [4.78, 5) is 43.8. The van der Waals surface area contributed by atoms with Crippen LogP contribution in [-0.4, -0.2) is 72.6 Å². The fourth-order valence-electron chi connectivity index (χ4n) is 5.25. The van der Waals surface area contributed by atoms with Crippen molar-refractivity contribution in [3.05, 3.63) is 41.0 Å². The third kappa shape index (κ3) is 10.9. The van der Waals surface area contributed by atoms with Gasteiger partial charge in [0.1, 0.15) is 0 Å². The van der Waals surface area contributed by atoms with Gasteiger partial charge in [-0.2, -0.15) is 0 Å². The molecule has 0 aliphatic carbocycles. The Hall–Kier alpha value is -2.93. The molecule has 0 saturated heterocycles. The number of allylic oxidation sites excluding steroid dienone is 1. The number of phosphoric acid groups is 1. The van der Waals surface area contributed by atoms with E-state index in [1.165, 1.54) is 27.4 Å². The number of hydrogen-bond donors (Lipinski definition) is 5. The van der Waals surface area contributed by atoms with Gasteiger partial charge in [0, 0.05) is 43.0 Å². The van der Waals surface area contributed by atoms with E-state index in [-0.39, 0.29) is 23.1 Å². The summed E-state index contributed by atoms with van der Waals surface area (Å²) < 4.78 is 38.8. The van der Waals surface area contributed by atoms with E-state index in [0.29, 0.717) is 42.4 Å². The zero-order valence-electron chi connectivity index (χ0n) is 25.7. The van der Waals surface area contributed by atoms with Gasteiger partial charge in [-0.3, -0.25) is 14.6 Å². The first kappa shape index (κ1) is 36.3. The van der Waals surface area contributed by atoms with E-state index in [4.69, 9.17) is 29.2 Å². The average Bonchev–Trinajstić information content (AvgIpc) is 2.90. The van der Waals surface area contributed by atoms with Crippen LogP contribution in [0.1, 0.15) is 52.5 Å². The zero-order valence-corrected chi connectivity index (χ0v) is 26.6. The summed E-state index contributed by atoms with van der Waals surface area (Å²) in [5, 5.41) is 14.0. The number of methoxy groups -OCH3 is 3. The minimum Gasteiger partial charge on any atom is -0.493 e.